The van der Waals surface area contributed by atoms with Gasteiger partial charge in [-0.15, -0.1) is 0 Å². The van der Waals surface area contributed by atoms with E-state index in [0.29, 0.717) is 6.29 Å². The van der Waals surface area contributed by atoms with Crippen LogP contribution in [0.4, 0.5) is 13.6 Å². The molecule has 1 atom stereocenters. The van der Waals surface area contributed by atoms with Crippen molar-refractivity contribution in [3.05, 3.63) is 35.4 Å². The van der Waals surface area contributed by atoms with E-state index in [1.165, 1.54) is 13.0 Å². The summed E-state index contributed by atoms with van der Waals surface area (Å²) in [7, 11) is 0. The Morgan fingerprint density at radius 2 is 1.80 bits per heavy atom. The van der Waals surface area contributed by atoms with Crippen LogP contribution in [0.5, 0.6) is 0 Å². The van der Waals surface area contributed by atoms with Gasteiger partial charge in [0.1, 0.15) is 17.4 Å². The average molecular weight is 285 g/mol. The molecule has 1 unspecified atom stereocenters. The zero-order valence-electron chi connectivity index (χ0n) is 11.8. The predicted molar refractivity (Wildman–Crippen MR) is 69.1 cm³/mol. The Morgan fingerprint density at radius 1 is 1.20 bits per heavy atom. The van der Waals surface area contributed by atoms with Crippen LogP contribution < -0.4 is 5.32 Å². The summed E-state index contributed by atoms with van der Waals surface area (Å²) in [6.07, 6.45) is -0.388. The summed E-state index contributed by atoms with van der Waals surface area (Å²) in [5, 5.41) is 2.34. The van der Waals surface area contributed by atoms with E-state index in [9.17, 15) is 18.4 Å². The van der Waals surface area contributed by atoms with Crippen molar-refractivity contribution in [3.8, 4) is 0 Å². The van der Waals surface area contributed by atoms with Crippen molar-refractivity contribution in [1.29, 1.82) is 0 Å². The van der Waals surface area contributed by atoms with E-state index >= 15 is 0 Å². The summed E-state index contributed by atoms with van der Waals surface area (Å²) < 4.78 is 31.2. The Morgan fingerprint density at radius 3 is 2.25 bits per heavy atom. The highest BCUT2D eigenvalue weighted by molar-refractivity contribution is 5.77. The van der Waals surface area contributed by atoms with Crippen molar-refractivity contribution in [2.45, 2.75) is 38.8 Å². The molecule has 1 amide bonds. The second-order valence-corrected chi connectivity index (χ2v) is 5.58. The fraction of sp³-hybridized carbons (Fsp3) is 0.429. The van der Waals surface area contributed by atoms with Crippen LogP contribution in [0.25, 0.3) is 0 Å². The van der Waals surface area contributed by atoms with Gasteiger partial charge in [-0.3, -0.25) is 0 Å². The van der Waals surface area contributed by atoms with Crippen LogP contribution in [0.3, 0.4) is 0 Å². The van der Waals surface area contributed by atoms with Gasteiger partial charge in [-0.2, -0.15) is 0 Å². The molecule has 0 saturated carbocycles. The van der Waals surface area contributed by atoms with Gasteiger partial charge in [0.05, 0.1) is 0 Å². The van der Waals surface area contributed by atoms with E-state index in [2.05, 4.69) is 5.32 Å². The zero-order valence-corrected chi connectivity index (χ0v) is 11.8. The summed E-state index contributed by atoms with van der Waals surface area (Å²) >= 11 is 0. The van der Waals surface area contributed by atoms with E-state index in [1.807, 2.05) is 0 Å². The van der Waals surface area contributed by atoms with Crippen LogP contribution in [0.1, 0.15) is 33.3 Å². The van der Waals surface area contributed by atoms with E-state index in [0.717, 1.165) is 12.1 Å². The Balaban J connectivity index is 2.99. The molecule has 1 aromatic rings. The summed E-state index contributed by atoms with van der Waals surface area (Å²) in [6, 6.07) is 2.98. The molecule has 0 aliphatic rings. The molecule has 0 aliphatic carbocycles. The Bertz CT molecular complexity index is 526. The van der Waals surface area contributed by atoms with Gasteiger partial charge in [-0.1, -0.05) is 6.07 Å². The minimum absolute atomic E-state index is 0.122. The molecule has 0 fully saturated rings. The second-order valence-electron chi connectivity index (χ2n) is 5.58. The third-order valence-corrected chi connectivity index (χ3v) is 2.52. The maximum atomic E-state index is 13.2. The highest BCUT2D eigenvalue weighted by atomic mass is 19.2. The normalized spacial score (nSPS) is 14.3. The summed E-state index contributed by atoms with van der Waals surface area (Å²) in [4.78, 5) is 22.9. The highest BCUT2D eigenvalue weighted by Crippen LogP contribution is 2.21. The Kier molecular flexibility index (Phi) is 4.47. The largest absolute Gasteiger partial charge is 0.444 e. The SMILES string of the molecule is CC(C)(C)OC(=O)NC(C)(C=O)c1ccc(F)c(F)c1. The molecule has 0 saturated heterocycles. The number of hydrogen-bond donors (Lipinski definition) is 1. The van der Waals surface area contributed by atoms with Crippen LogP contribution in [0.2, 0.25) is 0 Å². The van der Waals surface area contributed by atoms with Crippen LogP contribution in [0.15, 0.2) is 18.2 Å². The van der Waals surface area contributed by atoms with Crippen LogP contribution in [-0.2, 0) is 15.1 Å². The lowest BCUT2D eigenvalue weighted by molar-refractivity contribution is -0.113. The van der Waals surface area contributed by atoms with Crippen LogP contribution >= 0.6 is 0 Å². The lowest BCUT2D eigenvalue weighted by Gasteiger charge is -2.27. The molecule has 110 valence electrons. The van der Waals surface area contributed by atoms with Crippen molar-refractivity contribution in [2.24, 2.45) is 0 Å². The van der Waals surface area contributed by atoms with E-state index in [1.54, 1.807) is 20.8 Å². The quantitative estimate of drug-likeness (QED) is 0.869. The predicted octanol–water partition coefficient (Wildman–Crippen LogP) is 2.90. The molecule has 1 N–H and O–H groups in total. The van der Waals surface area contributed by atoms with Gasteiger partial charge in [0, 0.05) is 0 Å². The molecular formula is C14H17F2NO3. The third-order valence-electron chi connectivity index (χ3n) is 2.52. The average Bonchev–Trinajstić information content (AvgIpc) is 2.29. The van der Waals surface area contributed by atoms with Crippen molar-refractivity contribution in [1.82, 2.24) is 5.32 Å². The smallest absolute Gasteiger partial charge is 0.408 e. The molecule has 20 heavy (non-hydrogen) atoms. The molecule has 1 aromatic carbocycles. The maximum Gasteiger partial charge on any atom is 0.408 e. The Hall–Kier alpha value is -1.98. The van der Waals surface area contributed by atoms with Crippen molar-refractivity contribution in [2.75, 3.05) is 0 Å². The number of nitrogens with one attached hydrogen (secondary N) is 1. The van der Waals surface area contributed by atoms with Gasteiger partial charge in [-0.05, 0) is 45.4 Å². The van der Waals surface area contributed by atoms with Gasteiger partial charge in [-0.25, -0.2) is 13.6 Å². The number of rotatable bonds is 3. The Labute approximate surface area is 116 Å². The first kappa shape index (κ1) is 16.1. The highest BCUT2D eigenvalue weighted by Gasteiger charge is 2.31. The summed E-state index contributed by atoms with van der Waals surface area (Å²) in [5.74, 6) is -2.12. The molecule has 4 nitrogen and oxygen atoms in total. The van der Waals surface area contributed by atoms with E-state index in [4.69, 9.17) is 4.74 Å². The molecule has 1 rings (SSSR count). The molecule has 0 aromatic heterocycles. The maximum absolute atomic E-state index is 13.2. The first-order valence-electron chi connectivity index (χ1n) is 6.00. The number of halogens is 2. The van der Waals surface area contributed by atoms with Gasteiger partial charge in [0.25, 0.3) is 0 Å². The molecule has 0 aliphatic heterocycles. The number of carbonyl (C=O) groups is 2. The number of carbonyl (C=O) groups excluding carboxylic acids is 2. The topological polar surface area (TPSA) is 55.4 Å². The summed E-state index contributed by atoms with van der Waals surface area (Å²) in [5.41, 5.74) is -2.11. The molecule has 0 bridgehead atoms. The molecule has 6 heteroatoms. The van der Waals surface area contributed by atoms with E-state index in [-0.39, 0.29) is 5.56 Å². The molecule has 0 spiro atoms. The summed E-state index contributed by atoms with van der Waals surface area (Å²) in [6.45, 7) is 6.38. The number of ether oxygens (including phenoxy) is 1. The van der Waals surface area contributed by atoms with Gasteiger partial charge >= 0.3 is 6.09 Å². The minimum Gasteiger partial charge on any atom is -0.444 e. The number of amides is 1. The standard InChI is InChI=1S/C14H17F2NO3/c1-13(2,3)20-12(19)17-14(4,8-18)9-5-6-10(15)11(16)7-9/h5-8H,1-4H3,(H,17,19). The third kappa shape index (κ3) is 4.01. The first-order chi connectivity index (χ1) is 9.07. The van der Waals surface area contributed by atoms with E-state index < -0.39 is 28.9 Å². The lowest BCUT2D eigenvalue weighted by Crippen LogP contribution is -2.47. The first-order valence-corrected chi connectivity index (χ1v) is 6.00. The number of hydrogen-bond acceptors (Lipinski definition) is 3. The fourth-order valence-electron chi connectivity index (χ4n) is 1.50. The van der Waals surface area contributed by atoms with Gasteiger partial charge in [0.15, 0.2) is 11.6 Å². The van der Waals surface area contributed by atoms with Crippen molar-refractivity contribution < 1.29 is 23.1 Å². The van der Waals surface area contributed by atoms with Crippen LogP contribution in [0, 0.1) is 11.6 Å². The van der Waals surface area contributed by atoms with Crippen LogP contribution in [-0.4, -0.2) is 18.0 Å². The minimum atomic E-state index is -1.50. The van der Waals surface area contributed by atoms with Crippen molar-refractivity contribution >= 4 is 12.4 Å². The monoisotopic (exact) mass is 285 g/mol. The zero-order chi connectivity index (χ0) is 15.6. The van der Waals surface area contributed by atoms with Crippen molar-refractivity contribution in [3.63, 3.8) is 0 Å². The fourth-order valence-corrected chi connectivity index (χ4v) is 1.50. The molecular weight excluding hydrogens is 268 g/mol. The lowest BCUT2D eigenvalue weighted by atomic mass is 9.93. The number of aldehydes is 1. The number of benzene rings is 1. The molecule has 0 radical (unpaired) electrons. The van der Waals surface area contributed by atoms with Gasteiger partial charge in [0.2, 0.25) is 0 Å². The second kappa shape index (κ2) is 5.56. The number of alkyl carbamates (subject to hydrolysis) is 1. The van der Waals surface area contributed by atoms with Gasteiger partial charge < -0.3 is 14.8 Å². The molecule has 0 heterocycles.